The van der Waals surface area contributed by atoms with Gasteiger partial charge in [0.15, 0.2) is 5.76 Å². The van der Waals surface area contributed by atoms with Crippen LogP contribution in [-0.2, 0) is 4.74 Å². The first-order valence-corrected chi connectivity index (χ1v) is 5.18. The van der Waals surface area contributed by atoms with Crippen molar-refractivity contribution >= 4 is 5.90 Å². The molecule has 3 rings (SSSR count). The quantitative estimate of drug-likeness (QED) is 0.710. The molecule has 1 aromatic heterocycles. The van der Waals surface area contributed by atoms with Crippen molar-refractivity contribution in [3.05, 3.63) is 24.2 Å². The van der Waals surface area contributed by atoms with E-state index in [0.717, 1.165) is 0 Å². The summed E-state index contributed by atoms with van der Waals surface area (Å²) in [6.45, 7) is 1.87. The van der Waals surface area contributed by atoms with Crippen LogP contribution in [0, 0.1) is 5.92 Å². The molecule has 0 aromatic carbocycles. The monoisotopic (exact) mass is 209 g/mol. The van der Waals surface area contributed by atoms with Crippen molar-refractivity contribution in [1.82, 2.24) is 0 Å². The minimum Gasteiger partial charge on any atom is -0.469 e. The molecular formula is C11H12FNO2. The van der Waals surface area contributed by atoms with E-state index in [-0.39, 0.29) is 18.1 Å². The third-order valence-corrected chi connectivity index (χ3v) is 3.20. The van der Waals surface area contributed by atoms with Gasteiger partial charge >= 0.3 is 0 Å². The highest BCUT2D eigenvalue weighted by atomic mass is 19.1. The maximum absolute atomic E-state index is 13.3. The molecule has 1 saturated carbocycles. The first kappa shape index (κ1) is 8.95. The Kier molecular flexibility index (Phi) is 1.84. The van der Waals surface area contributed by atoms with Crippen LogP contribution in [-0.4, -0.2) is 24.2 Å². The second-order valence-electron chi connectivity index (χ2n) is 4.17. The molecule has 0 amide bonds. The Morgan fingerprint density at radius 2 is 2.40 bits per heavy atom. The highest BCUT2D eigenvalue weighted by Gasteiger charge is 2.47. The van der Waals surface area contributed by atoms with Crippen LogP contribution in [0.25, 0.3) is 0 Å². The van der Waals surface area contributed by atoms with Gasteiger partial charge in [-0.15, -0.1) is 0 Å². The van der Waals surface area contributed by atoms with E-state index in [1.165, 1.54) is 0 Å². The van der Waals surface area contributed by atoms with Gasteiger partial charge in [-0.2, -0.15) is 0 Å². The zero-order chi connectivity index (χ0) is 10.4. The predicted octanol–water partition coefficient (Wildman–Crippen LogP) is 2.17. The average molecular weight is 209 g/mol. The summed E-state index contributed by atoms with van der Waals surface area (Å²) in [6, 6.07) is 3.56. The normalized spacial score (nSPS) is 38.7. The van der Waals surface area contributed by atoms with Crippen molar-refractivity contribution < 1.29 is 13.5 Å². The lowest BCUT2D eigenvalue weighted by Gasteiger charge is -2.14. The minimum absolute atomic E-state index is 0.0323. The van der Waals surface area contributed by atoms with E-state index in [0.29, 0.717) is 18.1 Å². The standard InChI is InChI=1S/C11H12FNO2/c1-6-7(12)5-8-10(6)15-11(13-8)9-3-2-4-14-9/h2-4,6-8,10H,5H2,1H3/t6-,7+,8-,10+/m0/s1. The molecule has 1 aromatic rings. The zero-order valence-corrected chi connectivity index (χ0v) is 8.39. The van der Waals surface area contributed by atoms with Crippen molar-refractivity contribution in [3.8, 4) is 0 Å². The van der Waals surface area contributed by atoms with Crippen LogP contribution in [0.2, 0.25) is 0 Å². The van der Waals surface area contributed by atoms with E-state index < -0.39 is 6.17 Å². The van der Waals surface area contributed by atoms with Gasteiger partial charge in [0.2, 0.25) is 0 Å². The number of furan rings is 1. The second kappa shape index (κ2) is 3.08. The fourth-order valence-corrected chi connectivity index (χ4v) is 2.28. The molecule has 0 saturated heterocycles. The maximum Gasteiger partial charge on any atom is 0.253 e. The Labute approximate surface area is 86.9 Å². The summed E-state index contributed by atoms with van der Waals surface area (Å²) >= 11 is 0. The Morgan fingerprint density at radius 1 is 1.53 bits per heavy atom. The van der Waals surface area contributed by atoms with Crippen LogP contribution in [0.5, 0.6) is 0 Å². The zero-order valence-electron chi connectivity index (χ0n) is 8.39. The van der Waals surface area contributed by atoms with Gasteiger partial charge in [-0.1, -0.05) is 6.92 Å². The van der Waals surface area contributed by atoms with E-state index in [1.54, 1.807) is 18.4 Å². The van der Waals surface area contributed by atoms with E-state index in [4.69, 9.17) is 9.15 Å². The number of ether oxygens (including phenoxy) is 1. The van der Waals surface area contributed by atoms with Crippen molar-refractivity contribution in [3.63, 3.8) is 0 Å². The Bertz CT molecular complexity index is 387. The fraction of sp³-hybridized carbons (Fsp3) is 0.545. The Hall–Kier alpha value is -1.32. The average Bonchev–Trinajstić information content (AvgIpc) is 2.86. The number of fused-ring (bicyclic) bond motifs is 1. The molecule has 4 atom stereocenters. The van der Waals surface area contributed by atoms with Crippen LogP contribution in [0.1, 0.15) is 19.1 Å². The number of hydrogen-bond donors (Lipinski definition) is 0. The van der Waals surface area contributed by atoms with Gasteiger partial charge in [0.05, 0.1) is 12.3 Å². The first-order valence-electron chi connectivity index (χ1n) is 5.18. The lowest BCUT2D eigenvalue weighted by atomic mass is 10.1. The predicted molar refractivity (Wildman–Crippen MR) is 52.6 cm³/mol. The molecule has 1 aliphatic carbocycles. The van der Waals surface area contributed by atoms with Gasteiger partial charge in [0.1, 0.15) is 12.3 Å². The topological polar surface area (TPSA) is 34.7 Å². The molecule has 80 valence electrons. The number of aliphatic imine (C=N–C) groups is 1. The molecule has 0 N–H and O–H groups in total. The molecule has 15 heavy (non-hydrogen) atoms. The Balaban J connectivity index is 1.85. The van der Waals surface area contributed by atoms with Crippen molar-refractivity contribution in [2.45, 2.75) is 31.7 Å². The molecule has 0 unspecified atom stereocenters. The van der Waals surface area contributed by atoms with Crippen LogP contribution in [0.3, 0.4) is 0 Å². The smallest absolute Gasteiger partial charge is 0.253 e. The van der Waals surface area contributed by atoms with Crippen LogP contribution in [0.15, 0.2) is 27.8 Å². The van der Waals surface area contributed by atoms with Gasteiger partial charge in [0, 0.05) is 12.3 Å². The van der Waals surface area contributed by atoms with Crippen LogP contribution in [0.4, 0.5) is 4.39 Å². The SMILES string of the molecule is C[C@@H]1[C@H]2OC(c3ccco3)=N[C@H]2C[C@H]1F. The van der Waals surface area contributed by atoms with Gasteiger partial charge in [-0.05, 0) is 12.1 Å². The summed E-state index contributed by atoms with van der Waals surface area (Å²) in [5.74, 6) is 1.08. The molecule has 3 nitrogen and oxygen atoms in total. The van der Waals surface area contributed by atoms with Gasteiger partial charge < -0.3 is 9.15 Å². The summed E-state index contributed by atoms with van der Waals surface area (Å²) in [4.78, 5) is 4.35. The molecule has 2 aliphatic rings. The number of alkyl halides is 1. The summed E-state index contributed by atoms with van der Waals surface area (Å²) < 4.78 is 24.2. The molecule has 4 heteroatoms. The molecular weight excluding hydrogens is 197 g/mol. The fourth-order valence-electron chi connectivity index (χ4n) is 2.28. The minimum atomic E-state index is -0.790. The number of hydrogen-bond acceptors (Lipinski definition) is 3. The number of halogens is 1. The first-order chi connectivity index (χ1) is 7.25. The van der Waals surface area contributed by atoms with Gasteiger partial charge in [-0.25, -0.2) is 9.38 Å². The molecule has 0 bridgehead atoms. The van der Waals surface area contributed by atoms with Gasteiger partial charge in [0.25, 0.3) is 5.90 Å². The second-order valence-corrected chi connectivity index (χ2v) is 4.17. The Morgan fingerprint density at radius 3 is 3.07 bits per heavy atom. The molecule has 1 fully saturated rings. The summed E-state index contributed by atoms with van der Waals surface area (Å²) in [7, 11) is 0. The molecule has 2 heterocycles. The van der Waals surface area contributed by atoms with Gasteiger partial charge in [-0.3, -0.25) is 0 Å². The van der Waals surface area contributed by atoms with E-state index >= 15 is 0 Å². The molecule has 0 spiro atoms. The van der Waals surface area contributed by atoms with Crippen molar-refractivity contribution in [2.75, 3.05) is 0 Å². The highest BCUT2D eigenvalue weighted by Crippen LogP contribution is 2.37. The lowest BCUT2D eigenvalue weighted by molar-refractivity contribution is 0.135. The third-order valence-electron chi connectivity index (χ3n) is 3.20. The summed E-state index contributed by atoms with van der Waals surface area (Å²) in [5, 5.41) is 0. The maximum atomic E-state index is 13.3. The van der Waals surface area contributed by atoms with Crippen LogP contribution < -0.4 is 0 Å². The molecule has 0 radical (unpaired) electrons. The van der Waals surface area contributed by atoms with Crippen LogP contribution >= 0.6 is 0 Å². The van der Waals surface area contributed by atoms with E-state index in [1.807, 2.05) is 6.92 Å². The van der Waals surface area contributed by atoms with E-state index in [9.17, 15) is 4.39 Å². The largest absolute Gasteiger partial charge is 0.469 e. The highest BCUT2D eigenvalue weighted by molar-refractivity contribution is 5.92. The number of rotatable bonds is 1. The number of nitrogens with zero attached hydrogens (tertiary/aromatic N) is 1. The third kappa shape index (κ3) is 1.28. The van der Waals surface area contributed by atoms with E-state index in [2.05, 4.69) is 4.99 Å². The lowest BCUT2D eigenvalue weighted by Crippen LogP contribution is -2.23. The van der Waals surface area contributed by atoms with Crippen molar-refractivity contribution in [2.24, 2.45) is 10.9 Å². The van der Waals surface area contributed by atoms with Crippen molar-refractivity contribution in [1.29, 1.82) is 0 Å². The molecule has 1 aliphatic heterocycles. The summed E-state index contributed by atoms with van der Waals surface area (Å²) in [5.41, 5.74) is 0. The summed E-state index contributed by atoms with van der Waals surface area (Å²) in [6.07, 6.45) is 1.15.